The van der Waals surface area contributed by atoms with Crippen molar-refractivity contribution < 1.29 is 19.3 Å². The van der Waals surface area contributed by atoms with E-state index in [0.29, 0.717) is 25.3 Å². The highest BCUT2D eigenvalue weighted by molar-refractivity contribution is 5.29. The summed E-state index contributed by atoms with van der Waals surface area (Å²) in [6.45, 7) is 2.31. The van der Waals surface area contributed by atoms with Crippen LogP contribution in [0.15, 0.2) is 84.9 Å². The number of halogens is 1. The van der Waals surface area contributed by atoms with Crippen LogP contribution in [0, 0.1) is 11.7 Å². The molecular formula is C28H32FNO3. The first kappa shape index (κ1) is 23.6. The number of benzene rings is 3. The maximum Gasteiger partial charge on any atom is 0.123 e. The average Bonchev–Trinajstić information content (AvgIpc) is 2.84. The number of aliphatic hydroxyl groups is 2. The fourth-order valence-corrected chi connectivity index (χ4v) is 4.56. The summed E-state index contributed by atoms with van der Waals surface area (Å²) in [5, 5.41) is 21.2. The number of piperidine rings is 1. The van der Waals surface area contributed by atoms with E-state index in [-0.39, 0.29) is 17.8 Å². The Morgan fingerprint density at radius 2 is 1.48 bits per heavy atom. The van der Waals surface area contributed by atoms with Crippen LogP contribution in [0.25, 0.3) is 0 Å². The zero-order valence-corrected chi connectivity index (χ0v) is 18.8. The zero-order chi connectivity index (χ0) is 23.0. The molecule has 0 bridgehead atoms. The lowest BCUT2D eigenvalue weighted by Gasteiger charge is -2.37. The lowest BCUT2D eigenvalue weighted by atomic mass is 9.90. The summed E-state index contributed by atoms with van der Waals surface area (Å²) in [5.41, 5.74) is 2.93. The molecule has 5 heteroatoms. The number of hydrogen-bond acceptors (Lipinski definition) is 4. The number of β-amino-alcohol motifs (C(OH)–C–C–N with tert-alkyl or cyclic N) is 2. The Balaban J connectivity index is 1.28. The Labute approximate surface area is 195 Å². The largest absolute Gasteiger partial charge is 0.392 e. The molecule has 0 aliphatic carbocycles. The molecule has 1 aliphatic rings. The maximum atomic E-state index is 13.1. The molecule has 0 aromatic heterocycles. The van der Waals surface area contributed by atoms with Gasteiger partial charge in [-0.3, -0.25) is 4.90 Å². The minimum absolute atomic E-state index is 0.129. The van der Waals surface area contributed by atoms with Crippen molar-refractivity contribution in [2.24, 2.45) is 5.92 Å². The van der Waals surface area contributed by atoms with Crippen LogP contribution in [-0.2, 0) is 4.74 Å². The highest BCUT2D eigenvalue weighted by atomic mass is 19.1. The third-order valence-electron chi connectivity index (χ3n) is 6.47. The van der Waals surface area contributed by atoms with Gasteiger partial charge in [0.25, 0.3) is 0 Å². The normalized spacial score (nSPS) is 20.1. The Hall–Kier alpha value is -2.57. The van der Waals surface area contributed by atoms with Gasteiger partial charge in [0.15, 0.2) is 0 Å². The average molecular weight is 450 g/mol. The second kappa shape index (κ2) is 11.5. The van der Waals surface area contributed by atoms with E-state index in [4.69, 9.17) is 4.74 Å². The van der Waals surface area contributed by atoms with E-state index in [9.17, 15) is 14.6 Å². The summed E-state index contributed by atoms with van der Waals surface area (Å²) < 4.78 is 19.4. The predicted molar refractivity (Wildman–Crippen MR) is 127 cm³/mol. The van der Waals surface area contributed by atoms with Crippen molar-refractivity contribution >= 4 is 0 Å². The molecule has 33 heavy (non-hydrogen) atoms. The van der Waals surface area contributed by atoms with Crippen molar-refractivity contribution in [1.29, 1.82) is 0 Å². The third-order valence-corrected chi connectivity index (χ3v) is 6.47. The van der Waals surface area contributed by atoms with Crippen LogP contribution < -0.4 is 0 Å². The van der Waals surface area contributed by atoms with E-state index in [1.165, 1.54) is 12.1 Å². The number of nitrogens with zero attached hydrogens (tertiary/aromatic N) is 1. The van der Waals surface area contributed by atoms with E-state index < -0.39 is 12.2 Å². The second-order valence-corrected chi connectivity index (χ2v) is 8.80. The summed E-state index contributed by atoms with van der Waals surface area (Å²) in [6.07, 6.45) is 0.341. The highest BCUT2D eigenvalue weighted by Gasteiger charge is 2.29. The van der Waals surface area contributed by atoms with Crippen LogP contribution in [0.3, 0.4) is 0 Å². The van der Waals surface area contributed by atoms with Gasteiger partial charge >= 0.3 is 0 Å². The third kappa shape index (κ3) is 6.49. The van der Waals surface area contributed by atoms with Crippen molar-refractivity contribution in [3.05, 3.63) is 107 Å². The Kier molecular flexibility index (Phi) is 8.24. The quantitative estimate of drug-likeness (QED) is 0.496. The molecule has 0 saturated carbocycles. The zero-order valence-electron chi connectivity index (χ0n) is 18.8. The van der Waals surface area contributed by atoms with Crippen LogP contribution in [0.1, 0.15) is 41.7 Å². The van der Waals surface area contributed by atoms with Crippen molar-refractivity contribution in [1.82, 2.24) is 4.90 Å². The van der Waals surface area contributed by atoms with Crippen molar-refractivity contribution in [3.63, 3.8) is 0 Å². The molecule has 0 spiro atoms. The highest BCUT2D eigenvalue weighted by Crippen LogP contribution is 2.28. The van der Waals surface area contributed by atoms with E-state index in [1.54, 1.807) is 12.1 Å². The summed E-state index contributed by atoms with van der Waals surface area (Å²) in [7, 11) is 0. The van der Waals surface area contributed by atoms with Gasteiger partial charge in [0.05, 0.1) is 12.2 Å². The van der Waals surface area contributed by atoms with Gasteiger partial charge in [0, 0.05) is 19.7 Å². The number of ether oxygens (including phenoxy) is 1. The number of aliphatic hydroxyl groups excluding tert-OH is 2. The van der Waals surface area contributed by atoms with Gasteiger partial charge < -0.3 is 14.9 Å². The number of likely N-dealkylation sites (tertiary alicyclic amines) is 1. The molecule has 3 atom stereocenters. The van der Waals surface area contributed by atoms with Crippen LogP contribution in [-0.4, -0.2) is 47.5 Å². The molecule has 4 rings (SSSR count). The molecule has 1 saturated heterocycles. The predicted octanol–water partition coefficient (Wildman–Crippen LogP) is 4.74. The van der Waals surface area contributed by atoms with Crippen LogP contribution in [0.4, 0.5) is 4.39 Å². The molecule has 1 fully saturated rings. The van der Waals surface area contributed by atoms with Crippen LogP contribution in [0.2, 0.25) is 0 Å². The number of rotatable bonds is 9. The fraction of sp³-hybridized carbons (Fsp3) is 0.357. The summed E-state index contributed by atoms with van der Waals surface area (Å²) in [4.78, 5) is 2.08. The Morgan fingerprint density at radius 1 is 0.879 bits per heavy atom. The summed E-state index contributed by atoms with van der Waals surface area (Å²) >= 11 is 0. The molecule has 1 heterocycles. The van der Waals surface area contributed by atoms with E-state index >= 15 is 0 Å². The smallest absolute Gasteiger partial charge is 0.123 e. The molecule has 0 unspecified atom stereocenters. The molecule has 0 amide bonds. The summed E-state index contributed by atoms with van der Waals surface area (Å²) in [5.74, 6) is -0.150. The van der Waals surface area contributed by atoms with Gasteiger partial charge in [-0.25, -0.2) is 4.39 Å². The first-order valence-corrected chi connectivity index (χ1v) is 11.7. The van der Waals surface area contributed by atoms with Gasteiger partial charge in [-0.1, -0.05) is 72.8 Å². The topological polar surface area (TPSA) is 52.9 Å². The minimum atomic E-state index is -0.699. The lowest BCUT2D eigenvalue weighted by molar-refractivity contribution is -0.0154. The van der Waals surface area contributed by atoms with Gasteiger partial charge in [-0.2, -0.15) is 0 Å². The second-order valence-electron chi connectivity index (χ2n) is 8.80. The van der Waals surface area contributed by atoms with Crippen molar-refractivity contribution in [2.75, 3.05) is 26.2 Å². The van der Waals surface area contributed by atoms with E-state index in [2.05, 4.69) is 29.2 Å². The molecule has 4 nitrogen and oxygen atoms in total. The van der Waals surface area contributed by atoms with Crippen LogP contribution in [0.5, 0.6) is 0 Å². The van der Waals surface area contributed by atoms with Crippen molar-refractivity contribution in [3.8, 4) is 0 Å². The van der Waals surface area contributed by atoms with Gasteiger partial charge in [-0.05, 0) is 54.1 Å². The van der Waals surface area contributed by atoms with Crippen LogP contribution >= 0.6 is 0 Å². The molecule has 1 aliphatic heterocycles. The van der Waals surface area contributed by atoms with Gasteiger partial charge in [-0.15, -0.1) is 0 Å². The molecule has 3 aromatic rings. The SMILES string of the molecule is O[C@@H]1CN(C[C@H](O)c2ccc(F)cc2)CC[C@H]1CCOC(c1ccccc1)c1ccccc1. The number of hydrogen-bond donors (Lipinski definition) is 2. The molecule has 0 radical (unpaired) electrons. The monoisotopic (exact) mass is 449 g/mol. The van der Waals surface area contributed by atoms with Gasteiger partial charge in [0.1, 0.15) is 11.9 Å². The van der Waals surface area contributed by atoms with E-state index in [0.717, 1.165) is 30.5 Å². The molecule has 2 N–H and O–H groups in total. The standard InChI is InChI=1S/C28H32FNO3/c29-25-13-11-21(12-14-25)26(31)19-30-17-15-22(27(32)20-30)16-18-33-28(23-7-3-1-4-8-23)24-9-5-2-6-10-24/h1-14,22,26-28,31-32H,15-20H2/t22-,26-,27+/m0/s1. The molecular weight excluding hydrogens is 417 g/mol. The molecule has 174 valence electrons. The maximum absolute atomic E-state index is 13.1. The first-order valence-electron chi connectivity index (χ1n) is 11.7. The first-order chi connectivity index (χ1) is 16.1. The Bertz CT molecular complexity index is 928. The van der Waals surface area contributed by atoms with Crippen molar-refractivity contribution in [2.45, 2.75) is 31.2 Å². The minimum Gasteiger partial charge on any atom is -0.392 e. The molecule has 3 aromatic carbocycles. The fourth-order valence-electron chi connectivity index (χ4n) is 4.56. The van der Waals surface area contributed by atoms with E-state index in [1.807, 2.05) is 36.4 Å². The summed E-state index contributed by atoms with van der Waals surface area (Å²) in [6, 6.07) is 26.4. The Morgan fingerprint density at radius 3 is 2.06 bits per heavy atom. The lowest BCUT2D eigenvalue weighted by Crippen LogP contribution is -2.45. The van der Waals surface area contributed by atoms with Gasteiger partial charge in [0.2, 0.25) is 0 Å².